The monoisotopic (exact) mass is 141 g/mol. The van der Waals surface area contributed by atoms with Crippen LogP contribution in [-0.4, -0.2) is 25.3 Å². The minimum absolute atomic E-state index is 0.00463. The van der Waals surface area contributed by atoms with Gasteiger partial charge in [0.15, 0.2) is 0 Å². The molecule has 3 heteroatoms. The van der Waals surface area contributed by atoms with Crippen LogP contribution in [0.15, 0.2) is 4.99 Å². The molecule has 56 valence electrons. The van der Waals surface area contributed by atoms with Gasteiger partial charge in [-0.05, 0) is 0 Å². The number of isocyanates is 1. The highest BCUT2D eigenvalue weighted by molar-refractivity contribution is 5.34. The van der Waals surface area contributed by atoms with Crippen molar-refractivity contribution in [1.82, 2.24) is 0 Å². The molecule has 1 atom stereocenters. The van der Waals surface area contributed by atoms with Gasteiger partial charge < -0.3 is 4.74 Å². The van der Waals surface area contributed by atoms with Crippen LogP contribution in [0.5, 0.6) is 0 Å². The molecule has 0 N–H and O–H groups in total. The van der Waals surface area contributed by atoms with Crippen LogP contribution in [0.3, 0.4) is 0 Å². The van der Waals surface area contributed by atoms with Gasteiger partial charge in [-0.25, -0.2) is 4.79 Å². The fourth-order valence-electron chi connectivity index (χ4n) is 1.03. The summed E-state index contributed by atoms with van der Waals surface area (Å²) in [5, 5.41) is 0. The second-order valence-corrected chi connectivity index (χ2v) is 3.24. The van der Waals surface area contributed by atoms with Crippen molar-refractivity contribution < 1.29 is 9.53 Å². The van der Waals surface area contributed by atoms with E-state index in [1.54, 1.807) is 6.08 Å². The Kier molecular flexibility index (Phi) is 1.88. The lowest BCUT2D eigenvalue weighted by atomic mass is 9.88. The van der Waals surface area contributed by atoms with Gasteiger partial charge in [-0.2, -0.15) is 4.99 Å². The van der Waals surface area contributed by atoms with E-state index < -0.39 is 0 Å². The maximum Gasteiger partial charge on any atom is 0.235 e. The van der Waals surface area contributed by atoms with Gasteiger partial charge in [0, 0.05) is 5.41 Å². The van der Waals surface area contributed by atoms with Crippen molar-refractivity contribution in [1.29, 1.82) is 0 Å². The van der Waals surface area contributed by atoms with Crippen molar-refractivity contribution in [3.05, 3.63) is 0 Å². The van der Waals surface area contributed by atoms with Crippen LogP contribution in [0, 0.1) is 5.41 Å². The van der Waals surface area contributed by atoms with Crippen LogP contribution >= 0.6 is 0 Å². The van der Waals surface area contributed by atoms with E-state index >= 15 is 0 Å². The van der Waals surface area contributed by atoms with Crippen molar-refractivity contribution in [2.75, 3.05) is 13.2 Å². The number of aliphatic imine (C=N–C) groups is 1. The van der Waals surface area contributed by atoms with Gasteiger partial charge >= 0.3 is 0 Å². The summed E-state index contributed by atoms with van der Waals surface area (Å²) in [6, 6.07) is 0.00463. The number of rotatable bonds is 1. The Hall–Kier alpha value is -0.660. The summed E-state index contributed by atoms with van der Waals surface area (Å²) in [6.45, 7) is 5.31. The first-order chi connectivity index (χ1) is 4.67. The van der Waals surface area contributed by atoms with Gasteiger partial charge in [0.1, 0.15) is 0 Å². The Morgan fingerprint density at radius 3 is 2.80 bits per heavy atom. The molecule has 1 rings (SSSR count). The topological polar surface area (TPSA) is 38.7 Å². The molecule has 10 heavy (non-hydrogen) atoms. The summed E-state index contributed by atoms with van der Waals surface area (Å²) in [6.07, 6.45) is 1.56. The summed E-state index contributed by atoms with van der Waals surface area (Å²) < 4.78 is 5.15. The maximum atomic E-state index is 9.90. The molecule has 0 aromatic rings. The highest BCUT2D eigenvalue weighted by atomic mass is 16.5. The zero-order chi connectivity index (χ0) is 7.61. The van der Waals surface area contributed by atoms with Gasteiger partial charge in [0.25, 0.3) is 0 Å². The Bertz CT molecular complexity index is 170. The van der Waals surface area contributed by atoms with E-state index in [2.05, 4.69) is 4.99 Å². The average Bonchev–Trinajstić information content (AvgIpc) is 2.13. The standard InChI is InChI=1S/C7H11NO2/c1-7(2)4-10-3-6(7)8-5-9/h6H,3-4H2,1-2H3. The average molecular weight is 141 g/mol. The maximum absolute atomic E-state index is 9.90. The van der Waals surface area contributed by atoms with Crippen molar-refractivity contribution in [3.63, 3.8) is 0 Å². The highest BCUT2D eigenvalue weighted by Crippen LogP contribution is 2.29. The van der Waals surface area contributed by atoms with Crippen LogP contribution in [0.2, 0.25) is 0 Å². The lowest BCUT2D eigenvalue weighted by Crippen LogP contribution is -2.25. The molecule has 1 aliphatic rings. The molecule has 0 spiro atoms. The Labute approximate surface area is 60.1 Å². The zero-order valence-corrected chi connectivity index (χ0v) is 6.26. The summed E-state index contributed by atoms with van der Waals surface area (Å²) in [5.74, 6) is 0. The van der Waals surface area contributed by atoms with Gasteiger partial charge in [-0.3, -0.25) is 0 Å². The molecule has 3 nitrogen and oxygen atoms in total. The van der Waals surface area contributed by atoms with E-state index in [-0.39, 0.29) is 11.5 Å². The van der Waals surface area contributed by atoms with Crippen molar-refractivity contribution in [3.8, 4) is 0 Å². The van der Waals surface area contributed by atoms with E-state index in [0.29, 0.717) is 13.2 Å². The lowest BCUT2D eigenvalue weighted by Gasteiger charge is -2.18. The quantitative estimate of drug-likeness (QED) is 0.399. The first-order valence-electron chi connectivity index (χ1n) is 3.31. The van der Waals surface area contributed by atoms with Crippen LogP contribution in [0.1, 0.15) is 13.8 Å². The van der Waals surface area contributed by atoms with Crippen LogP contribution in [0.25, 0.3) is 0 Å². The second-order valence-electron chi connectivity index (χ2n) is 3.24. The molecule has 0 aromatic heterocycles. The van der Waals surface area contributed by atoms with E-state index in [9.17, 15) is 4.79 Å². The third-order valence-corrected chi connectivity index (χ3v) is 1.86. The summed E-state index contributed by atoms with van der Waals surface area (Å²) in [4.78, 5) is 13.5. The van der Waals surface area contributed by atoms with Crippen LogP contribution in [0.4, 0.5) is 0 Å². The smallest absolute Gasteiger partial charge is 0.235 e. The Balaban J connectivity index is 2.68. The molecule has 1 saturated heterocycles. The van der Waals surface area contributed by atoms with E-state index in [1.807, 2.05) is 13.8 Å². The Morgan fingerprint density at radius 2 is 2.40 bits per heavy atom. The van der Waals surface area contributed by atoms with Gasteiger partial charge in [0.05, 0.1) is 19.3 Å². The van der Waals surface area contributed by atoms with Crippen molar-refractivity contribution >= 4 is 6.08 Å². The van der Waals surface area contributed by atoms with Gasteiger partial charge in [-0.1, -0.05) is 13.8 Å². The first kappa shape index (κ1) is 7.45. The second kappa shape index (κ2) is 2.52. The van der Waals surface area contributed by atoms with Crippen LogP contribution < -0.4 is 0 Å². The number of hydrogen-bond acceptors (Lipinski definition) is 3. The fourth-order valence-corrected chi connectivity index (χ4v) is 1.03. The number of hydrogen-bond donors (Lipinski definition) is 0. The van der Waals surface area contributed by atoms with E-state index in [0.717, 1.165) is 0 Å². The predicted octanol–water partition coefficient (Wildman–Crippen LogP) is 0.747. The Morgan fingerprint density at radius 1 is 1.70 bits per heavy atom. The molecular weight excluding hydrogens is 130 g/mol. The minimum Gasteiger partial charge on any atom is -0.379 e. The molecule has 0 aromatic carbocycles. The van der Waals surface area contributed by atoms with E-state index in [1.165, 1.54) is 0 Å². The lowest BCUT2D eigenvalue weighted by molar-refractivity contribution is 0.167. The first-order valence-corrected chi connectivity index (χ1v) is 3.31. The highest BCUT2D eigenvalue weighted by Gasteiger charge is 2.35. The minimum atomic E-state index is 0.00463. The predicted molar refractivity (Wildman–Crippen MR) is 36.5 cm³/mol. The number of nitrogens with zero attached hydrogens (tertiary/aromatic N) is 1. The normalized spacial score (nSPS) is 29.6. The number of carbonyl (C=O) groups excluding carboxylic acids is 1. The molecule has 1 aliphatic heterocycles. The molecule has 0 aliphatic carbocycles. The third kappa shape index (κ3) is 1.25. The molecule has 1 unspecified atom stereocenters. The molecule has 0 saturated carbocycles. The SMILES string of the molecule is CC1(C)COCC1N=C=O. The molecule has 1 fully saturated rings. The van der Waals surface area contributed by atoms with Crippen molar-refractivity contribution in [2.24, 2.45) is 10.4 Å². The summed E-state index contributed by atoms with van der Waals surface area (Å²) >= 11 is 0. The number of ether oxygens (including phenoxy) is 1. The fraction of sp³-hybridized carbons (Fsp3) is 0.857. The molecule has 0 bridgehead atoms. The van der Waals surface area contributed by atoms with Crippen LogP contribution in [-0.2, 0) is 9.53 Å². The third-order valence-electron chi connectivity index (χ3n) is 1.86. The zero-order valence-electron chi connectivity index (χ0n) is 6.26. The van der Waals surface area contributed by atoms with E-state index in [4.69, 9.17) is 4.74 Å². The van der Waals surface area contributed by atoms with Gasteiger partial charge in [0.2, 0.25) is 6.08 Å². The largest absolute Gasteiger partial charge is 0.379 e. The molecule has 1 heterocycles. The molecule has 0 amide bonds. The summed E-state index contributed by atoms with van der Waals surface area (Å²) in [5.41, 5.74) is 0.0113. The molecule has 0 radical (unpaired) electrons. The summed E-state index contributed by atoms with van der Waals surface area (Å²) in [7, 11) is 0. The molecular formula is C7H11NO2. The van der Waals surface area contributed by atoms with Crippen molar-refractivity contribution in [2.45, 2.75) is 19.9 Å². The van der Waals surface area contributed by atoms with Gasteiger partial charge in [-0.15, -0.1) is 0 Å².